The van der Waals surface area contributed by atoms with Gasteiger partial charge in [-0.1, -0.05) is 25.0 Å². The van der Waals surface area contributed by atoms with Crippen molar-refractivity contribution in [2.24, 2.45) is 11.8 Å². The number of likely N-dealkylation sites (tertiary alicyclic amines) is 1. The Labute approximate surface area is 166 Å². The van der Waals surface area contributed by atoms with Crippen molar-refractivity contribution in [2.45, 2.75) is 57.9 Å². The van der Waals surface area contributed by atoms with Gasteiger partial charge in [0.15, 0.2) is 0 Å². The first-order chi connectivity index (χ1) is 13.5. The maximum atomic E-state index is 12.8. The van der Waals surface area contributed by atoms with E-state index in [1.807, 2.05) is 29.2 Å². The highest BCUT2D eigenvalue weighted by Crippen LogP contribution is 2.25. The van der Waals surface area contributed by atoms with E-state index in [-0.39, 0.29) is 30.1 Å². The number of rotatable bonds is 7. The quantitative estimate of drug-likeness (QED) is 0.753. The molecule has 1 aromatic rings. The first-order valence-electron chi connectivity index (χ1n) is 10.4. The molecule has 1 saturated carbocycles. The number of aliphatic carboxylic acids is 1. The van der Waals surface area contributed by atoms with Gasteiger partial charge in [-0.25, -0.2) is 0 Å². The SMILES string of the molecule is O=C(O)CCC1CCCN(C(=O)c2ccc(CNC(=O)C3CCCC3)cc2)C1. The molecule has 3 rings (SSSR count). The number of amides is 2. The minimum atomic E-state index is -0.779. The lowest BCUT2D eigenvalue weighted by Crippen LogP contribution is -2.40. The number of carbonyl (C=O) groups is 3. The molecule has 2 fully saturated rings. The van der Waals surface area contributed by atoms with Crippen LogP contribution < -0.4 is 5.32 Å². The molecule has 1 aliphatic carbocycles. The number of carboxylic acids is 1. The first-order valence-corrected chi connectivity index (χ1v) is 10.4. The van der Waals surface area contributed by atoms with Gasteiger partial charge in [0, 0.05) is 37.5 Å². The summed E-state index contributed by atoms with van der Waals surface area (Å²) in [6.45, 7) is 1.84. The van der Waals surface area contributed by atoms with E-state index >= 15 is 0 Å². The van der Waals surface area contributed by atoms with Crippen LogP contribution in [0.3, 0.4) is 0 Å². The summed E-state index contributed by atoms with van der Waals surface area (Å²) >= 11 is 0. The fourth-order valence-electron chi connectivity index (χ4n) is 4.28. The van der Waals surface area contributed by atoms with Gasteiger partial charge < -0.3 is 15.3 Å². The first kappa shape index (κ1) is 20.4. The molecule has 0 radical (unpaired) electrons. The fraction of sp³-hybridized carbons (Fsp3) is 0.591. The van der Waals surface area contributed by atoms with Crippen molar-refractivity contribution >= 4 is 17.8 Å². The molecule has 1 heterocycles. The molecule has 6 heteroatoms. The smallest absolute Gasteiger partial charge is 0.303 e. The highest BCUT2D eigenvalue weighted by Gasteiger charge is 2.25. The van der Waals surface area contributed by atoms with E-state index in [1.165, 1.54) is 0 Å². The molecule has 0 aromatic heterocycles. The summed E-state index contributed by atoms with van der Waals surface area (Å²) in [6, 6.07) is 7.43. The Hall–Kier alpha value is -2.37. The summed E-state index contributed by atoms with van der Waals surface area (Å²) in [4.78, 5) is 37.5. The number of hydrogen-bond acceptors (Lipinski definition) is 3. The molecule has 1 aliphatic heterocycles. The van der Waals surface area contributed by atoms with Crippen LogP contribution >= 0.6 is 0 Å². The van der Waals surface area contributed by atoms with Crippen LogP contribution in [-0.4, -0.2) is 40.9 Å². The second-order valence-corrected chi connectivity index (χ2v) is 8.09. The highest BCUT2D eigenvalue weighted by molar-refractivity contribution is 5.94. The third-order valence-corrected chi connectivity index (χ3v) is 5.97. The number of nitrogens with zero attached hydrogens (tertiary/aromatic N) is 1. The van der Waals surface area contributed by atoms with Crippen LogP contribution in [-0.2, 0) is 16.1 Å². The van der Waals surface area contributed by atoms with Crippen LogP contribution in [0.2, 0.25) is 0 Å². The zero-order valence-electron chi connectivity index (χ0n) is 16.4. The van der Waals surface area contributed by atoms with Crippen LogP contribution in [0.5, 0.6) is 0 Å². The molecule has 2 N–H and O–H groups in total. The van der Waals surface area contributed by atoms with E-state index in [0.717, 1.165) is 50.6 Å². The van der Waals surface area contributed by atoms with Gasteiger partial charge in [-0.05, 0) is 55.7 Å². The summed E-state index contributed by atoms with van der Waals surface area (Å²) in [6.07, 6.45) is 6.95. The number of nitrogens with one attached hydrogen (secondary N) is 1. The predicted octanol–water partition coefficient (Wildman–Crippen LogP) is 3.21. The Morgan fingerprint density at radius 2 is 1.75 bits per heavy atom. The van der Waals surface area contributed by atoms with Crippen LogP contribution in [0.25, 0.3) is 0 Å². The van der Waals surface area contributed by atoms with Crippen molar-refractivity contribution in [1.29, 1.82) is 0 Å². The zero-order valence-corrected chi connectivity index (χ0v) is 16.4. The van der Waals surface area contributed by atoms with Gasteiger partial charge in [0.05, 0.1) is 0 Å². The van der Waals surface area contributed by atoms with Gasteiger partial charge in [-0.2, -0.15) is 0 Å². The Morgan fingerprint density at radius 3 is 2.43 bits per heavy atom. The molecule has 1 saturated heterocycles. The van der Waals surface area contributed by atoms with Gasteiger partial charge in [-0.15, -0.1) is 0 Å². The van der Waals surface area contributed by atoms with Crippen LogP contribution in [0.15, 0.2) is 24.3 Å². The summed E-state index contributed by atoms with van der Waals surface area (Å²) in [5, 5.41) is 11.9. The van der Waals surface area contributed by atoms with E-state index in [1.54, 1.807) is 0 Å². The molecule has 6 nitrogen and oxygen atoms in total. The lowest BCUT2D eigenvalue weighted by molar-refractivity contribution is -0.137. The molecule has 2 aliphatic rings. The van der Waals surface area contributed by atoms with E-state index in [0.29, 0.717) is 25.1 Å². The van der Waals surface area contributed by atoms with Crippen molar-refractivity contribution in [1.82, 2.24) is 10.2 Å². The van der Waals surface area contributed by atoms with Gasteiger partial charge in [0.25, 0.3) is 5.91 Å². The second kappa shape index (κ2) is 9.71. The predicted molar refractivity (Wildman–Crippen MR) is 106 cm³/mol. The molecule has 1 unspecified atom stereocenters. The Kier molecular flexibility index (Phi) is 7.06. The minimum Gasteiger partial charge on any atom is -0.481 e. The molecule has 2 amide bonds. The monoisotopic (exact) mass is 386 g/mol. The summed E-state index contributed by atoms with van der Waals surface area (Å²) in [7, 11) is 0. The number of carboxylic acid groups (broad SMARTS) is 1. The average molecular weight is 386 g/mol. The van der Waals surface area contributed by atoms with Crippen molar-refractivity contribution < 1.29 is 19.5 Å². The van der Waals surface area contributed by atoms with E-state index < -0.39 is 5.97 Å². The van der Waals surface area contributed by atoms with Gasteiger partial charge in [0.1, 0.15) is 0 Å². The molecule has 28 heavy (non-hydrogen) atoms. The van der Waals surface area contributed by atoms with E-state index in [9.17, 15) is 14.4 Å². The normalized spacial score (nSPS) is 20.1. The number of benzene rings is 1. The van der Waals surface area contributed by atoms with E-state index in [4.69, 9.17) is 5.11 Å². The minimum absolute atomic E-state index is 0.00145. The maximum absolute atomic E-state index is 12.8. The second-order valence-electron chi connectivity index (χ2n) is 8.09. The lowest BCUT2D eigenvalue weighted by Gasteiger charge is -2.32. The van der Waals surface area contributed by atoms with Gasteiger partial charge in [0.2, 0.25) is 5.91 Å². The third kappa shape index (κ3) is 5.57. The van der Waals surface area contributed by atoms with Crippen LogP contribution in [0.1, 0.15) is 67.3 Å². The molecular formula is C22H30N2O4. The molecule has 1 aromatic carbocycles. The molecular weight excluding hydrogens is 356 g/mol. The number of hydrogen-bond donors (Lipinski definition) is 2. The summed E-state index contributed by atoms with van der Waals surface area (Å²) in [5.41, 5.74) is 1.63. The molecule has 152 valence electrons. The Bertz CT molecular complexity index is 695. The van der Waals surface area contributed by atoms with Crippen molar-refractivity contribution in [2.75, 3.05) is 13.1 Å². The number of piperidine rings is 1. The molecule has 0 bridgehead atoms. The lowest BCUT2D eigenvalue weighted by atomic mass is 9.93. The van der Waals surface area contributed by atoms with Crippen LogP contribution in [0, 0.1) is 11.8 Å². The fourth-order valence-corrected chi connectivity index (χ4v) is 4.28. The third-order valence-electron chi connectivity index (χ3n) is 5.97. The van der Waals surface area contributed by atoms with Crippen molar-refractivity contribution in [3.8, 4) is 0 Å². The Balaban J connectivity index is 1.50. The summed E-state index contributed by atoms with van der Waals surface area (Å²) < 4.78 is 0. The topological polar surface area (TPSA) is 86.7 Å². The largest absolute Gasteiger partial charge is 0.481 e. The average Bonchev–Trinajstić information content (AvgIpc) is 3.25. The van der Waals surface area contributed by atoms with Crippen molar-refractivity contribution in [3.05, 3.63) is 35.4 Å². The van der Waals surface area contributed by atoms with Crippen molar-refractivity contribution in [3.63, 3.8) is 0 Å². The molecule has 1 atom stereocenters. The maximum Gasteiger partial charge on any atom is 0.303 e. The van der Waals surface area contributed by atoms with Crippen LogP contribution in [0.4, 0.5) is 0 Å². The zero-order chi connectivity index (χ0) is 19.9. The summed E-state index contributed by atoms with van der Waals surface area (Å²) in [5.74, 6) is -0.216. The molecule has 0 spiro atoms. The highest BCUT2D eigenvalue weighted by atomic mass is 16.4. The Morgan fingerprint density at radius 1 is 1.04 bits per heavy atom. The standard InChI is InChI=1S/C22H30N2O4/c25-20(26)12-9-17-4-3-13-24(15-17)22(28)19-10-7-16(8-11-19)14-23-21(27)18-5-1-2-6-18/h7-8,10-11,17-18H,1-6,9,12-15H2,(H,23,27)(H,25,26). The van der Waals surface area contributed by atoms with Gasteiger partial charge in [-0.3, -0.25) is 14.4 Å². The number of carbonyl (C=O) groups excluding carboxylic acids is 2. The van der Waals surface area contributed by atoms with Gasteiger partial charge >= 0.3 is 5.97 Å². The van der Waals surface area contributed by atoms with E-state index in [2.05, 4.69) is 5.32 Å².